The smallest absolute Gasteiger partial charge is 0.120 e. The molecule has 0 spiro atoms. The highest BCUT2D eigenvalue weighted by Gasteiger charge is 2.07. The molecule has 0 bridgehead atoms. The van der Waals surface area contributed by atoms with E-state index in [4.69, 9.17) is 17.3 Å². The second kappa shape index (κ2) is 5.00. The summed E-state index contributed by atoms with van der Waals surface area (Å²) in [5.74, 6) is 0.120. The van der Waals surface area contributed by atoms with Gasteiger partial charge in [0.15, 0.2) is 0 Å². The van der Waals surface area contributed by atoms with Crippen molar-refractivity contribution in [3.8, 4) is 0 Å². The third-order valence-corrected chi connectivity index (χ3v) is 2.26. The zero-order valence-electron chi connectivity index (χ0n) is 7.24. The molecule has 0 fully saturated rings. The highest BCUT2D eigenvalue weighted by Crippen LogP contribution is 2.19. The van der Waals surface area contributed by atoms with Gasteiger partial charge in [0.2, 0.25) is 0 Å². The van der Waals surface area contributed by atoms with Crippen LogP contribution in [0.15, 0.2) is 24.3 Å². The van der Waals surface area contributed by atoms with Gasteiger partial charge in [-0.2, -0.15) is 0 Å². The van der Waals surface area contributed by atoms with Gasteiger partial charge in [-0.15, -0.1) is 0 Å². The third-order valence-electron chi connectivity index (χ3n) is 2.01. The van der Waals surface area contributed by atoms with Crippen molar-refractivity contribution in [3.05, 3.63) is 34.9 Å². The van der Waals surface area contributed by atoms with Crippen molar-refractivity contribution < 1.29 is 4.79 Å². The lowest BCUT2D eigenvalue weighted by atomic mass is 9.97. The van der Waals surface area contributed by atoms with Crippen molar-refractivity contribution in [3.63, 3.8) is 0 Å². The van der Waals surface area contributed by atoms with E-state index in [1.165, 1.54) is 0 Å². The number of carbonyl (C=O) groups is 1. The summed E-state index contributed by atoms with van der Waals surface area (Å²) < 4.78 is 0. The number of nitrogens with two attached hydrogens (primary N) is 1. The highest BCUT2D eigenvalue weighted by molar-refractivity contribution is 6.30. The molecule has 13 heavy (non-hydrogen) atoms. The number of aldehydes is 1. The largest absolute Gasteiger partial charge is 0.330 e. The van der Waals surface area contributed by atoms with Crippen LogP contribution in [0.25, 0.3) is 0 Å². The second-order valence-electron chi connectivity index (χ2n) is 2.89. The van der Waals surface area contributed by atoms with E-state index in [0.29, 0.717) is 18.0 Å². The van der Waals surface area contributed by atoms with Gasteiger partial charge < -0.3 is 10.5 Å². The van der Waals surface area contributed by atoms with E-state index in [0.717, 1.165) is 11.8 Å². The number of carbonyl (C=O) groups excluding carboxylic acids is 1. The Morgan fingerprint density at radius 1 is 1.38 bits per heavy atom. The zero-order chi connectivity index (χ0) is 9.68. The van der Waals surface area contributed by atoms with Gasteiger partial charge in [-0.05, 0) is 24.2 Å². The Morgan fingerprint density at radius 3 is 2.46 bits per heavy atom. The molecule has 0 saturated heterocycles. The van der Waals surface area contributed by atoms with Crippen molar-refractivity contribution in [1.29, 1.82) is 0 Å². The van der Waals surface area contributed by atoms with Crippen molar-refractivity contribution in [2.24, 2.45) is 5.73 Å². The Morgan fingerprint density at radius 2 is 2.00 bits per heavy atom. The summed E-state index contributed by atoms with van der Waals surface area (Å²) in [5, 5.41) is 0.700. The quantitative estimate of drug-likeness (QED) is 0.750. The standard InChI is InChI=1S/C10H12ClNO/c11-10-3-1-8(2-4-10)9(7-12)5-6-13/h1-4,6,9H,5,7,12H2/t9-/m1/s1. The third kappa shape index (κ3) is 2.83. The van der Waals surface area contributed by atoms with Crippen molar-refractivity contribution in [2.75, 3.05) is 6.54 Å². The maximum atomic E-state index is 10.3. The molecule has 3 heteroatoms. The van der Waals surface area contributed by atoms with Gasteiger partial charge in [0.1, 0.15) is 6.29 Å². The Hall–Kier alpha value is -0.860. The number of rotatable bonds is 4. The molecule has 1 aromatic rings. The van der Waals surface area contributed by atoms with Crippen LogP contribution in [0.5, 0.6) is 0 Å². The molecule has 0 heterocycles. The first kappa shape index (κ1) is 10.2. The van der Waals surface area contributed by atoms with Crippen LogP contribution >= 0.6 is 11.6 Å². The summed E-state index contributed by atoms with van der Waals surface area (Å²) in [6.45, 7) is 0.486. The lowest BCUT2D eigenvalue weighted by Gasteiger charge is -2.11. The molecule has 0 saturated carbocycles. The SMILES string of the molecule is NC[C@@H](CC=O)c1ccc(Cl)cc1. The minimum Gasteiger partial charge on any atom is -0.330 e. The van der Waals surface area contributed by atoms with E-state index in [2.05, 4.69) is 0 Å². The predicted molar refractivity (Wildman–Crippen MR) is 53.9 cm³/mol. The van der Waals surface area contributed by atoms with E-state index >= 15 is 0 Å². The Labute approximate surface area is 82.7 Å². The topological polar surface area (TPSA) is 43.1 Å². The first-order valence-electron chi connectivity index (χ1n) is 4.17. The fourth-order valence-corrected chi connectivity index (χ4v) is 1.35. The van der Waals surface area contributed by atoms with Crippen molar-refractivity contribution in [2.45, 2.75) is 12.3 Å². The summed E-state index contributed by atoms with van der Waals surface area (Å²) >= 11 is 5.74. The van der Waals surface area contributed by atoms with Gasteiger partial charge in [-0.1, -0.05) is 23.7 Å². The van der Waals surface area contributed by atoms with Crippen LogP contribution in [0.4, 0.5) is 0 Å². The molecule has 1 atom stereocenters. The molecular formula is C10H12ClNO. The second-order valence-corrected chi connectivity index (χ2v) is 3.32. The van der Waals surface area contributed by atoms with Crippen LogP contribution in [0.3, 0.4) is 0 Å². The van der Waals surface area contributed by atoms with Gasteiger partial charge in [0.25, 0.3) is 0 Å². The summed E-state index contributed by atoms with van der Waals surface area (Å²) in [7, 11) is 0. The van der Waals surface area contributed by atoms with Gasteiger partial charge in [-0.3, -0.25) is 0 Å². The van der Waals surface area contributed by atoms with E-state index < -0.39 is 0 Å². The molecule has 1 rings (SSSR count). The maximum Gasteiger partial charge on any atom is 0.120 e. The average molecular weight is 198 g/mol. The molecule has 0 amide bonds. The molecule has 1 aromatic carbocycles. The van der Waals surface area contributed by atoms with Crippen LogP contribution in [0.1, 0.15) is 17.9 Å². The molecular weight excluding hydrogens is 186 g/mol. The highest BCUT2D eigenvalue weighted by atomic mass is 35.5. The molecule has 0 aliphatic rings. The number of halogens is 1. The minimum absolute atomic E-state index is 0.120. The molecule has 0 aliphatic heterocycles. The summed E-state index contributed by atoms with van der Waals surface area (Å²) in [4.78, 5) is 10.3. The fraction of sp³-hybridized carbons (Fsp3) is 0.300. The average Bonchev–Trinajstić information content (AvgIpc) is 2.16. The lowest BCUT2D eigenvalue weighted by molar-refractivity contribution is -0.108. The number of hydrogen-bond donors (Lipinski definition) is 1. The van der Waals surface area contributed by atoms with Crippen LogP contribution in [0, 0.1) is 0 Å². The molecule has 70 valence electrons. The van der Waals surface area contributed by atoms with Gasteiger partial charge in [0, 0.05) is 17.4 Å². The van der Waals surface area contributed by atoms with Gasteiger partial charge in [-0.25, -0.2) is 0 Å². The van der Waals surface area contributed by atoms with E-state index in [-0.39, 0.29) is 5.92 Å². The van der Waals surface area contributed by atoms with Gasteiger partial charge >= 0.3 is 0 Å². The molecule has 2 nitrogen and oxygen atoms in total. The summed E-state index contributed by atoms with van der Waals surface area (Å²) in [6.07, 6.45) is 1.37. The van der Waals surface area contributed by atoms with E-state index in [9.17, 15) is 4.79 Å². The van der Waals surface area contributed by atoms with Crippen LogP contribution < -0.4 is 5.73 Å². The Bertz CT molecular complexity index is 271. The predicted octanol–water partition coefficient (Wildman–Crippen LogP) is 1.97. The van der Waals surface area contributed by atoms with Crippen molar-refractivity contribution >= 4 is 17.9 Å². The van der Waals surface area contributed by atoms with E-state index in [1.54, 1.807) is 0 Å². The molecule has 0 aliphatic carbocycles. The Kier molecular flexibility index (Phi) is 3.93. The monoisotopic (exact) mass is 197 g/mol. The molecule has 0 unspecified atom stereocenters. The van der Waals surface area contributed by atoms with Crippen LogP contribution in [0.2, 0.25) is 5.02 Å². The van der Waals surface area contributed by atoms with E-state index in [1.807, 2.05) is 24.3 Å². The van der Waals surface area contributed by atoms with Crippen LogP contribution in [-0.2, 0) is 4.79 Å². The summed E-state index contributed by atoms with van der Waals surface area (Å²) in [5.41, 5.74) is 6.61. The van der Waals surface area contributed by atoms with Crippen molar-refractivity contribution in [1.82, 2.24) is 0 Å². The number of hydrogen-bond acceptors (Lipinski definition) is 2. The summed E-state index contributed by atoms with van der Waals surface area (Å²) in [6, 6.07) is 7.43. The van der Waals surface area contributed by atoms with Gasteiger partial charge in [0.05, 0.1) is 0 Å². The lowest BCUT2D eigenvalue weighted by Crippen LogP contribution is -2.12. The minimum atomic E-state index is 0.120. The zero-order valence-corrected chi connectivity index (χ0v) is 8.00. The normalized spacial score (nSPS) is 12.5. The molecule has 0 aromatic heterocycles. The first-order chi connectivity index (χ1) is 6.27. The fourth-order valence-electron chi connectivity index (χ4n) is 1.22. The Balaban J connectivity index is 2.78. The van der Waals surface area contributed by atoms with Crippen LogP contribution in [-0.4, -0.2) is 12.8 Å². The molecule has 2 N–H and O–H groups in total. The number of benzene rings is 1. The maximum absolute atomic E-state index is 10.3. The molecule has 0 radical (unpaired) electrons. The first-order valence-corrected chi connectivity index (χ1v) is 4.55.